The van der Waals surface area contributed by atoms with E-state index >= 15 is 0 Å². The molecule has 0 unspecified atom stereocenters. The van der Waals surface area contributed by atoms with Gasteiger partial charge in [0.1, 0.15) is 0 Å². The summed E-state index contributed by atoms with van der Waals surface area (Å²) in [5.41, 5.74) is 1.94. The van der Waals surface area contributed by atoms with Gasteiger partial charge in [-0.2, -0.15) is 0 Å². The molecule has 1 aromatic rings. The number of hydrogen-bond donors (Lipinski definition) is 0. The third kappa shape index (κ3) is 1.77. The maximum atomic E-state index is 14.0. The molecule has 2 heteroatoms. The summed E-state index contributed by atoms with van der Waals surface area (Å²) < 4.78 is 27.5. The summed E-state index contributed by atoms with van der Waals surface area (Å²) >= 11 is 0. The van der Waals surface area contributed by atoms with Crippen LogP contribution in [0.15, 0.2) is 18.2 Å². The third-order valence-electron chi connectivity index (χ3n) is 3.34. The predicted octanol–water partition coefficient (Wildman–Crippen LogP) is 4.27. The molecule has 0 spiro atoms. The van der Waals surface area contributed by atoms with Crippen LogP contribution in [0.1, 0.15) is 42.4 Å². The Labute approximate surface area is 95.0 Å². The molecule has 1 aromatic carbocycles. The topological polar surface area (TPSA) is 0 Å². The van der Waals surface area contributed by atoms with Crippen LogP contribution in [0.2, 0.25) is 0 Å². The number of fused-ring (bicyclic) bond motifs is 1. The van der Waals surface area contributed by atoms with E-state index in [2.05, 4.69) is 6.08 Å². The van der Waals surface area contributed by atoms with E-state index < -0.39 is 11.6 Å². The maximum Gasteiger partial charge on any atom is 0.162 e. The molecule has 2 rings (SSSR count). The summed E-state index contributed by atoms with van der Waals surface area (Å²) in [4.78, 5) is 0. The smallest absolute Gasteiger partial charge is 0.162 e. The minimum absolute atomic E-state index is 0.115. The second kappa shape index (κ2) is 4.36. The second-order valence-electron chi connectivity index (χ2n) is 4.41. The van der Waals surface area contributed by atoms with Crippen molar-refractivity contribution in [3.8, 4) is 0 Å². The van der Waals surface area contributed by atoms with E-state index in [1.807, 2.05) is 13.0 Å². The molecule has 0 aliphatic heterocycles. The molecule has 86 valence electrons. The van der Waals surface area contributed by atoms with Gasteiger partial charge in [-0.3, -0.25) is 0 Å². The van der Waals surface area contributed by atoms with Crippen molar-refractivity contribution in [2.24, 2.45) is 0 Å². The van der Waals surface area contributed by atoms with Crippen molar-refractivity contribution in [1.29, 1.82) is 0 Å². The lowest BCUT2D eigenvalue weighted by Gasteiger charge is -2.17. The lowest BCUT2D eigenvalue weighted by Crippen LogP contribution is -2.06. The summed E-state index contributed by atoms with van der Waals surface area (Å²) in [6, 6.07) is 1.78. The Morgan fingerprint density at radius 3 is 2.69 bits per heavy atom. The summed E-state index contributed by atoms with van der Waals surface area (Å²) in [5.74, 6) is -1.20. The van der Waals surface area contributed by atoms with Crippen LogP contribution in [0.25, 0.3) is 0 Å². The van der Waals surface area contributed by atoms with Crippen LogP contribution in [-0.2, 0) is 6.42 Å². The van der Waals surface area contributed by atoms with Gasteiger partial charge in [-0.15, -0.1) is 0 Å². The van der Waals surface area contributed by atoms with Gasteiger partial charge in [0.2, 0.25) is 0 Å². The minimum atomic E-state index is -0.681. The van der Waals surface area contributed by atoms with Crippen molar-refractivity contribution < 1.29 is 8.78 Å². The first-order chi connectivity index (χ1) is 7.65. The van der Waals surface area contributed by atoms with Gasteiger partial charge < -0.3 is 0 Å². The van der Waals surface area contributed by atoms with Crippen molar-refractivity contribution in [3.05, 3.63) is 46.5 Å². The van der Waals surface area contributed by atoms with E-state index in [0.29, 0.717) is 17.5 Å². The Hall–Kier alpha value is -1.18. The summed E-state index contributed by atoms with van der Waals surface area (Å²) in [6.07, 6.45) is 6.48. The van der Waals surface area contributed by atoms with E-state index in [0.717, 1.165) is 18.4 Å². The van der Waals surface area contributed by atoms with Crippen molar-refractivity contribution >= 4 is 0 Å². The summed E-state index contributed by atoms with van der Waals surface area (Å²) in [6.45, 7) is 3.64. The monoisotopic (exact) mass is 222 g/mol. The molecule has 0 radical (unpaired) electrons. The highest BCUT2D eigenvalue weighted by Crippen LogP contribution is 2.34. The second-order valence-corrected chi connectivity index (χ2v) is 4.41. The van der Waals surface area contributed by atoms with Gasteiger partial charge in [-0.05, 0) is 48.8 Å². The van der Waals surface area contributed by atoms with Crippen LogP contribution in [0.5, 0.6) is 0 Å². The van der Waals surface area contributed by atoms with Gasteiger partial charge in [0.25, 0.3) is 0 Å². The number of hydrogen-bond acceptors (Lipinski definition) is 0. The molecule has 0 aromatic heterocycles. The standard InChI is InChI=1S/C14H16F2/c1-3-10-6-4-5-7-11-8-9(2)13(15)14(16)12(10)11/h4-5,8,10H,3,6-7H2,1-2H3/t10-/m1/s1. The third-order valence-corrected chi connectivity index (χ3v) is 3.34. The number of rotatable bonds is 1. The average Bonchev–Trinajstić information content (AvgIpc) is 2.48. The summed E-state index contributed by atoms with van der Waals surface area (Å²) in [7, 11) is 0. The molecule has 0 saturated carbocycles. The first-order valence-electron chi connectivity index (χ1n) is 5.77. The van der Waals surface area contributed by atoms with E-state index in [1.54, 1.807) is 13.0 Å². The molecule has 0 fully saturated rings. The molecule has 0 bridgehead atoms. The van der Waals surface area contributed by atoms with Crippen LogP contribution in [0.3, 0.4) is 0 Å². The largest absolute Gasteiger partial charge is 0.203 e. The quantitative estimate of drug-likeness (QED) is 0.622. The zero-order valence-corrected chi connectivity index (χ0v) is 9.69. The van der Waals surface area contributed by atoms with Crippen molar-refractivity contribution in [2.45, 2.75) is 39.0 Å². The highest BCUT2D eigenvalue weighted by Gasteiger charge is 2.22. The molecular weight excluding hydrogens is 206 g/mol. The lowest BCUT2D eigenvalue weighted by molar-refractivity contribution is 0.478. The molecule has 0 heterocycles. The molecule has 0 N–H and O–H groups in total. The zero-order chi connectivity index (χ0) is 11.7. The number of benzene rings is 1. The van der Waals surface area contributed by atoms with Crippen LogP contribution in [0.4, 0.5) is 8.78 Å². The molecule has 0 saturated heterocycles. The van der Waals surface area contributed by atoms with Crippen molar-refractivity contribution in [1.82, 2.24) is 0 Å². The van der Waals surface area contributed by atoms with Crippen molar-refractivity contribution in [2.75, 3.05) is 0 Å². The Balaban J connectivity index is 2.62. The van der Waals surface area contributed by atoms with Gasteiger partial charge in [-0.1, -0.05) is 25.1 Å². The Morgan fingerprint density at radius 1 is 1.25 bits per heavy atom. The van der Waals surface area contributed by atoms with Crippen LogP contribution >= 0.6 is 0 Å². The van der Waals surface area contributed by atoms with Crippen LogP contribution in [-0.4, -0.2) is 0 Å². The van der Waals surface area contributed by atoms with E-state index in [1.165, 1.54) is 0 Å². The lowest BCUT2D eigenvalue weighted by atomic mass is 9.88. The SMILES string of the molecule is CC[C@@H]1CC=CCc2cc(C)c(F)c(F)c21. The molecule has 16 heavy (non-hydrogen) atoms. The Morgan fingerprint density at radius 2 is 2.00 bits per heavy atom. The van der Waals surface area contributed by atoms with Crippen molar-refractivity contribution in [3.63, 3.8) is 0 Å². The maximum absolute atomic E-state index is 14.0. The first kappa shape index (κ1) is 11.3. The summed E-state index contributed by atoms with van der Waals surface area (Å²) in [5, 5.41) is 0. The van der Waals surface area contributed by atoms with Crippen LogP contribution < -0.4 is 0 Å². The Bertz CT molecular complexity index is 433. The average molecular weight is 222 g/mol. The molecule has 1 aliphatic carbocycles. The fourth-order valence-corrected chi connectivity index (χ4v) is 2.40. The number of allylic oxidation sites excluding steroid dienone is 2. The van der Waals surface area contributed by atoms with Gasteiger partial charge in [-0.25, -0.2) is 8.78 Å². The number of halogens is 2. The van der Waals surface area contributed by atoms with Crippen LogP contribution in [0, 0.1) is 18.6 Å². The molecule has 1 aliphatic rings. The van der Waals surface area contributed by atoms with Gasteiger partial charge in [0.05, 0.1) is 0 Å². The molecule has 1 atom stereocenters. The van der Waals surface area contributed by atoms with Gasteiger partial charge >= 0.3 is 0 Å². The van der Waals surface area contributed by atoms with Gasteiger partial charge in [0, 0.05) is 0 Å². The zero-order valence-electron chi connectivity index (χ0n) is 9.69. The number of aryl methyl sites for hydroxylation is 1. The fourth-order valence-electron chi connectivity index (χ4n) is 2.40. The highest BCUT2D eigenvalue weighted by atomic mass is 19.2. The van der Waals surface area contributed by atoms with E-state index in [4.69, 9.17) is 0 Å². The van der Waals surface area contributed by atoms with E-state index in [9.17, 15) is 8.78 Å². The predicted molar refractivity (Wildman–Crippen MR) is 61.6 cm³/mol. The fraction of sp³-hybridized carbons (Fsp3) is 0.429. The van der Waals surface area contributed by atoms with Gasteiger partial charge in [0.15, 0.2) is 11.6 Å². The normalized spacial score (nSPS) is 19.4. The minimum Gasteiger partial charge on any atom is -0.203 e. The molecular formula is C14H16F2. The van der Waals surface area contributed by atoms with E-state index in [-0.39, 0.29) is 5.92 Å². The molecule has 0 nitrogen and oxygen atoms in total. The highest BCUT2D eigenvalue weighted by molar-refractivity contribution is 5.39. The Kier molecular flexibility index (Phi) is 3.08. The first-order valence-corrected chi connectivity index (χ1v) is 5.77. The molecule has 0 amide bonds.